The van der Waals surface area contributed by atoms with E-state index in [1.807, 2.05) is 60.7 Å². The number of nitrogens with zero attached hydrogens (tertiary/aromatic N) is 3. The molecule has 0 fully saturated rings. The minimum Gasteiger partial charge on any atom is -0.482 e. The van der Waals surface area contributed by atoms with Crippen LogP contribution in [-0.4, -0.2) is 29.9 Å². The molecular formula is C26H23N3O3S. The van der Waals surface area contributed by atoms with Gasteiger partial charge in [0.05, 0.1) is 21.6 Å². The molecule has 1 aromatic heterocycles. The number of benzene rings is 3. The summed E-state index contributed by atoms with van der Waals surface area (Å²) < 4.78 is 6.54. The fraction of sp³-hybridized carbons (Fsp3) is 0.192. The third kappa shape index (κ3) is 3.96. The molecule has 0 saturated carbocycles. The molecule has 0 spiro atoms. The van der Waals surface area contributed by atoms with E-state index in [0.717, 1.165) is 21.5 Å². The Bertz CT molecular complexity index is 1310. The first-order valence-corrected chi connectivity index (χ1v) is 11.6. The van der Waals surface area contributed by atoms with Crippen LogP contribution in [0.15, 0.2) is 72.8 Å². The predicted molar refractivity (Wildman–Crippen MR) is 132 cm³/mol. The molecule has 6 nitrogen and oxygen atoms in total. The first kappa shape index (κ1) is 21.2. The Hall–Kier alpha value is -3.71. The fourth-order valence-electron chi connectivity index (χ4n) is 4.01. The number of anilines is 3. The molecule has 0 aliphatic carbocycles. The van der Waals surface area contributed by atoms with Gasteiger partial charge in [0.1, 0.15) is 12.3 Å². The Morgan fingerprint density at radius 3 is 2.61 bits per heavy atom. The van der Waals surface area contributed by atoms with Gasteiger partial charge in [-0.05, 0) is 41.8 Å². The number of fused-ring (bicyclic) bond motifs is 2. The second kappa shape index (κ2) is 8.67. The highest BCUT2D eigenvalue weighted by atomic mass is 32.1. The van der Waals surface area contributed by atoms with E-state index in [1.54, 1.807) is 17.0 Å². The Morgan fingerprint density at radius 1 is 1.06 bits per heavy atom. The van der Waals surface area contributed by atoms with Gasteiger partial charge < -0.3 is 4.74 Å². The Kier molecular flexibility index (Phi) is 5.56. The van der Waals surface area contributed by atoms with Crippen molar-refractivity contribution in [2.24, 2.45) is 0 Å². The maximum Gasteiger partial charge on any atom is 0.265 e. The first-order chi connectivity index (χ1) is 16.0. The molecule has 0 saturated heterocycles. The summed E-state index contributed by atoms with van der Waals surface area (Å²) in [4.78, 5) is 34.5. The molecule has 166 valence electrons. The summed E-state index contributed by atoms with van der Waals surface area (Å²) in [6.07, 6.45) is 0. The smallest absolute Gasteiger partial charge is 0.265 e. The van der Waals surface area contributed by atoms with E-state index < -0.39 is 0 Å². The van der Waals surface area contributed by atoms with Gasteiger partial charge in [0, 0.05) is 0 Å². The minimum atomic E-state index is -0.247. The summed E-state index contributed by atoms with van der Waals surface area (Å²) in [5.74, 6) is 0.325. The van der Waals surface area contributed by atoms with Gasteiger partial charge in [-0.25, -0.2) is 4.98 Å². The molecule has 5 rings (SSSR count). The van der Waals surface area contributed by atoms with Crippen LogP contribution in [0.1, 0.15) is 25.3 Å². The number of aromatic nitrogens is 1. The molecule has 4 aromatic rings. The number of para-hydroxylation sites is 4. The van der Waals surface area contributed by atoms with E-state index >= 15 is 0 Å². The maximum absolute atomic E-state index is 13.9. The van der Waals surface area contributed by atoms with Crippen LogP contribution >= 0.6 is 11.3 Å². The van der Waals surface area contributed by atoms with Gasteiger partial charge in [0.2, 0.25) is 0 Å². The molecule has 7 heteroatoms. The van der Waals surface area contributed by atoms with E-state index in [2.05, 4.69) is 13.8 Å². The summed E-state index contributed by atoms with van der Waals surface area (Å²) in [6, 6.07) is 23.0. The summed E-state index contributed by atoms with van der Waals surface area (Å²) in [5, 5.41) is 0.586. The lowest BCUT2D eigenvalue weighted by atomic mass is 10.0. The second-order valence-electron chi connectivity index (χ2n) is 8.14. The van der Waals surface area contributed by atoms with Crippen LogP contribution in [-0.2, 0) is 9.59 Å². The van der Waals surface area contributed by atoms with Crippen LogP contribution in [0.4, 0.5) is 16.5 Å². The Labute approximate surface area is 196 Å². The average molecular weight is 458 g/mol. The molecule has 0 unspecified atom stereocenters. The van der Waals surface area contributed by atoms with Crippen LogP contribution < -0.4 is 14.5 Å². The zero-order valence-electron chi connectivity index (χ0n) is 18.4. The summed E-state index contributed by atoms with van der Waals surface area (Å²) in [5.41, 5.74) is 3.26. The average Bonchev–Trinajstić information content (AvgIpc) is 3.25. The fourth-order valence-corrected chi connectivity index (χ4v) is 5.01. The van der Waals surface area contributed by atoms with Crippen molar-refractivity contribution >= 4 is 49.9 Å². The number of amides is 2. The van der Waals surface area contributed by atoms with Gasteiger partial charge in [-0.15, -0.1) is 0 Å². The van der Waals surface area contributed by atoms with E-state index in [4.69, 9.17) is 9.72 Å². The molecule has 33 heavy (non-hydrogen) atoms. The van der Waals surface area contributed by atoms with Gasteiger partial charge >= 0.3 is 0 Å². The second-order valence-corrected chi connectivity index (χ2v) is 9.15. The predicted octanol–water partition coefficient (Wildman–Crippen LogP) is 5.51. The standard InChI is InChI=1S/C26H23N3O3S/c1-17(2)18-9-3-5-11-20(18)29(26-27-19-10-4-8-14-23(19)33-26)24(30)15-28-21-12-6-7-13-22(21)32-16-25(28)31/h3-14,17H,15-16H2,1-2H3. The van der Waals surface area contributed by atoms with Gasteiger partial charge in [-0.1, -0.05) is 67.6 Å². The van der Waals surface area contributed by atoms with Crippen LogP contribution in [0, 0.1) is 0 Å². The molecule has 2 amide bonds. The van der Waals surface area contributed by atoms with Gasteiger partial charge in [0.25, 0.3) is 11.8 Å². The van der Waals surface area contributed by atoms with Crippen molar-refractivity contribution in [2.75, 3.05) is 23.0 Å². The van der Waals surface area contributed by atoms with Crippen molar-refractivity contribution in [1.82, 2.24) is 4.98 Å². The highest BCUT2D eigenvalue weighted by Crippen LogP contribution is 2.38. The number of hydrogen-bond donors (Lipinski definition) is 0. The molecule has 1 aliphatic heterocycles. The van der Waals surface area contributed by atoms with Crippen molar-refractivity contribution in [2.45, 2.75) is 19.8 Å². The van der Waals surface area contributed by atoms with Crippen molar-refractivity contribution in [3.8, 4) is 5.75 Å². The van der Waals surface area contributed by atoms with Crippen molar-refractivity contribution in [3.05, 3.63) is 78.4 Å². The molecule has 2 heterocycles. The van der Waals surface area contributed by atoms with E-state index in [1.165, 1.54) is 16.2 Å². The number of hydrogen-bond acceptors (Lipinski definition) is 5. The molecule has 0 N–H and O–H groups in total. The lowest BCUT2D eigenvalue weighted by Gasteiger charge is -2.31. The lowest BCUT2D eigenvalue weighted by molar-refractivity contribution is -0.124. The third-order valence-corrected chi connectivity index (χ3v) is 6.65. The SMILES string of the molecule is CC(C)c1ccccc1N(C(=O)CN1C(=O)COc2ccccc21)c1nc2ccccc2s1. The third-order valence-electron chi connectivity index (χ3n) is 5.62. The van der Waals surface area contributed by atoms with Crippen LogP contribution in [0.2, 0.25) is 0 Å². The summed E-state index contributed by atoms with van der Waals surface area (Å²) >= 11 is 1.46. The van der Waals surface area contributed by atoms with Gasteiger partial charge in [-0.3, -0.25) is 19.4 Å². The van der Waals surface area contributed by atoms with Gasteiger partial charge in [0.15, 0.2) is 11.7 Å². The lowest BCUT2D eigenvalue weighted by Crippen LogP contribution is -2.45. The Morgan fingerprint density at radius 2 is 1.79 bits per heavy atom. The number of rotatable bonds is 5. The first-order valence-electron chi connectivity index (χ1n) is 10.8. The maximum atomic E-state index is 13.9. The van der Waals surface area contributed by atoms with Crippen molar-refractivity contribution in [3.63, 3.8) is 0 Å². The van der Waals surface area contributed by atoms with Crippen LogP contribution in [0.5, 0.6) is 5.75 Å². The molecule has 0 atom stereocenters. The number of carbonyl (C=O) groups is 2. The van der Waals surface area contributed by atoms with E-state index in [9.17, 15) is 9.59 Å². The molecular weight excluding hydrogens is 434 g/mol. The summed E-state index contributed by atoms with van der Waals surface area (Å²) in [6.45, 7) is 4.00. The zero-order valence-corrected chi connectivity index (χ0v) is 19.2. The molecule has 0 bridgehead atoms. The van der Waals surface area contributed by atoms with Gasteiger partial charge in [-0.2, -0.15) is 0 Å². The molecule has 1 aliphatic rings. The van der Waals surface area contributed by atoms with E-state index in [-0.39, 0.29) is 30.9 Å². The highest BCUT2D eigenvalue weighted by Gasteiger charge is 2.31. The van der Waals surface area contributed by atoms with Crippen molar-refractivity contribution in [1.29, 1.82) is 0 Å². The summed E-state index contributed by atoms with van der Waals surface area (Å²) in [7, 11) is 0. The van der Waals surface area contributed by atoms with Crippen LogP contribution in [0.3, 0.4) is 0 Å². The quantitative estimate of drug-likeness (QED) is 0.396. The number of carbonyl (C=O) groups excluding carboxylic acids is 2. The van der Waals surface area contributed by atoms with Crippen molar-refractivity contribution < 1.29 is 14.3 Å². The monoisotopic (exact) mass is 457 g/mol. The largest absolute Gasteiger partial charge is 0.482 e. The number of thiazole rings is 1. The van der Waals surface area contributed by atoms with E-state index in [0.29, 0.717) is 16.6 Å². The topological polar surface area (TPSA) is 62.7 Å². The minimum absolute atomic E-state index is 0.0893. The molecule has 0 radical (unpaired) electrons. The highest BCUT2D eigenvalue weighted by molar-refractivity contribution is 7.22. The number of ether oxygens (including phenoxy) is 1. The molecule has 3 aromatic carbocycles. The van der Waals surface area contributed by atoms with Crippen LogP contribution in [0.25, 0.3) is 10.2 Å². The Balaban J connectivity index is 1.59. The normalized spacial score (nSPS) is 13.2. The zero-order chi connectivity index (χ0) is 22.9.